The summed E-state index contributed by atoms with van der Waals surface area (Å²) in [5, 5.41) is 0. The quantitative estimate of drug-likeness (QED) is 0.570. The van der Waals surface area contributed by atoms with Crippen molar-refractivity contribution in [1.82, 2.24) is 0 Å². The monoisotopic (exact) mass is 298 g/mol. The van der Waals surface area contributed by atoms with Crippen LogP contribution in [0.25, 0.3) is 0 Å². The second kappa shape index (κ2) is 8.19. The van der Waals surface area contributed by atoms with Gasteiger partial charge in [-0.2, -0.15) is 0 Å². The van der Waals surface area contributed by atoms with E-state index in [4.69, 9.17) is 4.74 Å². The summed E-state index contributed by atoms with van der Waals surface area (Å²) in [7, 11) is 0. The lowest BCUT2D eigenvalue weighted by Crippen LogP contribution is -2.40. The summed E-state index contributed by atoms with van der Waals surface area (Å²) in [4.78, 5) is 12.7. The second-order valence-electron chi connectivity index (χ2n) is 7.78. The zero-order chi connectivity index (χ0) is 16.7. The molecule has 0 aliphatic heterocycles. The zero-order valence-electron chi connectivity index (χ0n) is 15.8. The molecule has 2 heteroatoms. The summed E-state index contributed by atoms with van der Waals surface area (Å²) in [6.07, 6.45) is 7.17. The van der Waals surface area contributed by atoms with Gasteiger partial charge in [-0.3, -0.25) is 4.79 Å². The van der Waals surface area contributed by atoms with Gasteiger partial charge in [-0.25, -0.2) is 0 Å². The minimum absolute atomic E-state index is 0.0219. The van der Waals surface area contributed by atoms with Crippen molar-refractivity contribution in [3.63, 3.8) is 0 Å². The van der Waals surface area contributed by atoms with Gasteiger partial charge in [0.1, 0.15) is 5.60 Å². The summed E-state index contributed by atoms with van der Waals surface area (Å²) in [5.74, 6) is 0.0219. The molecule has 0 saturated heterocycles. The van der Waals surface area contributed by atoms with Gasteiger partial charge in [-0.05, 0) is 57.3 Å². The summed E-state index contributed by atoms with van der Waals surface area (Å²) in [5.41, 5.74) is -0.354. The van der Waals surface area contributed by atoms with E-state index in [1.165, 1.54) is 12.8 Å². The molecule has 0 radical (unpaired) electrons. The molecule has 2 nitrogen and oxygen atoms in total. The Labute approximate surface area is 133 Å². The van der Waals surface area contributed by atoms with E-state index in [1.54, 1.807) is 0 Å². The van der Waals surface area contributed by atoms with E-state index < -0.39 is 0 Å². The lowest BCUT2D eigenvalue weighted by molar-refractivity contribution is -0.173. The topological polar surface area (TPSA) is 26.3 Å². The van der Waals surface area contributed by atoms with Gasteiger partial charge in [0.2, 0.25) is 0 Å². The summed E-state index contributed by atoms with van der Waals surface area (Å²) < 4.78 is 6.01. The predicted octanol–water partition coefficient (Wildman–Crippen LogP) is 6.13. The Morgan fingerprint density at radius 3 is 1.86 bits per heavy atom. The Balaban J connectivity index is 0.00000191. The molecule has 1 rings (SSSR count). The minimum Gasteiger partial charge on any atom is -0.459 e. The van der Waals surface area contributed by atoms with Gasteiger partial charge in [0.15, 0.2) is 0 Å². The highest BCUT2D eigenvalue weighted by Gasteiger charge is 2.43. The van der Waals surface area contributed by atoms with Crippen LogP contribution in [0.5, 0.6) is 0 Å². The fourth-order valence-corrected chi connectivity index (χ4v) is 3.38. The van der Waals surface area contributed by atoms with E-state index in [-0.39, 0.29) is 22.4 Å². The molecular weight excluding hydrogens is 260 g/mol. The maximum Gasteiger partial charge on any atom is 0.312 e. The largest absolute Gasteiger partial charge is 0.459 e. The number of carbonyl (C=O) groups is 1. The fraction of sp³-hybridized carbons (Fsp3) is 0.947. The van der Waals surface area contributed by atoms with E-state index in [0.717, 1.165) is 32.1 Å². The first-order valence-corrected chi connectivity index (χ1v) is 8.90. The average Bonchev–Trinajstić information content (AvgIpc) is 2.88. The van der Waals surface area contributed by atoms with Gasteiger partial charge < -0.3 is 4.74 Å². The van der Waals surface area contributed by atoms with Crippen LogP contribution < -0.4 is 0 Å². The third kappa shape index (κ3) is 6.00. The number of ether oxygens (including phenoxy) is 1. The van der Waals surface area contributed by atoms with Crippen molar-refractivity contribution in [2.24, 2.45) is 10.8 Å². The Hall–Kier alpha value is -0.530. The average molecular weight is 299 g/mol. The molecule has 0 aromatic rings. The first kappa shape index (κ1) is 20.5. The summed E-state index contributed by atoms with van der Waals surface area (Å²) in [6.45, 7) is 16.9. The number of hydrogen-bond acceptors (Lipinski definition) is 2. The number of carbonyl (C=O) groups excluding carboxylic acids is 1. The highest BCUT2D eigenvalue weighted by Crippen LogP contribution is 2.42. The molecule has 1 aliphatic rings. The highest BCUT2D eigenvalue weighted by atomic mass is 16.6. The minimum atomic E-state index is -0.344. The number of rotatable bonds is 5. The maximum absolute atomic E-state index is 12.7. The van der Waals surface area contributed by atoms with Crippen LogP contribution in [0, 0.1) is 10.8 Å². The van der Waals surface area contributed by atoms with Gasteiger partial charge >= 0.3 is 5.97 Å². The highest BCUT2D eigenvalue weighted by molar-refractivity contribution is 5.77. The molecule has 0 aromatic carbocycles. The summed E-state index contributed by atoms with van der Waals surface area (Å²) in [6, 6.07) is 0. The van der Waals surface area contributed by atoms with Crippen molar-refractivity contribution in [1.29, 1.82) is 0 Å². The first-order chi connectivity index (χ1) is 9.66. The van der Waals surface area contributed by atoms with Crippen molar-refractivity contribution >= 4 is 5.97 Å². The number of hydrogen-bond donors (Lipinski definition) is 0. The van der Waals surface area contributed by atoms with Crippen LogP contribution in [-0.4, -0.2) is 11.6 Å². The maximum atomic E-state index is 12.7. The van der Waals surface area contributed by atoms with E-state index >= 15 is 0 Å². The molecular formula is C19H38O2. The molecule has 1 aliphatic carbocycles. The van der Waals surface area contributed by atoms with Crippen LogP contribution in [0.1, 0.15) is 100 Å². The normalized spacial score (nSPS) is 20.2. The van der Waals surface area contributed by atoms with E-state index in [0.29, 0.717) is 0 Å². The predicted molar refractivity (Wildman–Crippen MR) is 91.4 cm³/mol. The van der Waals surface area contributed by atoms with E-state index in [9.17, 15) is 4.79 Å². The molecule has 126 valence electrons. The smallest absolute Gasteiger partial charge is 0.312 e. The first-order valence-electron chi connectivity index (χ1n) is 8.90. The molecule has 0 N–H and O–H groups in total. The standard InChI is InChI=1S/C17H32O2.C2H6/c1-7-16(6,13-15(3,4)5)14(18)19-17(8-2)11-9-10-12-17;1-2/h7-13H2,1-6H3;1-2H3. The molecule has 0 aromatic heterocycles. The zero-order valence-corrected chi connectivity index (χ0v) is 15.8. The molecule has 1 atom stereocenters. The van der Waals surface area contributed by atoms with Crippen LogP contribution in [0.4, 0.5) is 0 Å². The molecule has 1 unspecified atom stereocenters. The molecule has 0 amide bonds. The molecule has 0 bridgehead atoms. The van der Waals surface area contributed by atoms with E-state index in [2.05, 4.69) is 41.5 Å². The Bertz CT molecular complexity index is 308. The lowest BCUT2D eigenvalue weighted by atomic mass is 9.73. The van der Waals surface area contributed by atoms with Crippen LogP contribution in [0.2, 0.25) is 0 Å². The van der Waals surface area contributed by atoms with Gasteiger partial charge in [-0.15, -0.1) is 0 Å². The SMILES string of the molecule is CC.CCC1(OC(=O)C(C)(CC)CC(C)(C)C)CCCC1. The van der Waals surface area contributed by atoms with E-state index in [1.807, 2.05) is 13.8 Å². The van der Waals surface area contributed by atoms with Crippen LogP contribution >= 0.6 is 0 Å². The van der Waals surface area contributed by atoms with Crippen molar-refractivity contribution in [2.45, 2.75) is 106 Å². The molecule has 1 fully saturated rings. The van der Waals surface area contributed by atoms with Crippen LogP contribution in [0.15, 0.2) is 0 Å². The Morgan fingerprint density at radius 2 is 1.52 bits per heavy atom. The summed E-state index contributed by atoms with van der Waals surface area (Å²) >= 11 is 0. The molecule has 21 heavy (non-hydrogen) atoms. The third-order valence-electron chi connectivity index (χ3n) is 4.66. The van der Waals surface area contributed by atoms with Crippen molar-refractivity contribution in [2.75, 3.05) is 0 Å². The van der Waals surface area contributed by atoms with Crippen molar-refractivity contribution in [3.8, 4) is 0 Å². The Morgan fingerprint density at radius 1 is 1.05 bits per heavy atom. The molecule has 0 spiro atoms. The molecule has 1 saturated carbocycles. The van der Waals surface area contributed by atoms with Gasteiger partial charge in [0.05, 0.1) is 5.41 Å². The lowest BCUT2D eigenvalue weighted by Gasteiger charge is -2.37. The number of esters is 1. The van der Waals surface area contributed by atoms with Crippen molar-refractivity contribution in [3.05, 3.63) is 0 Å². The third-order valence-corrected chi connectivity index (χ3v) is 4.66. The fourth-order valence-electron chi connectivity index (χ4n) is 3.38. The second-order valence-corrected chi connectivity index (χ2v) is 7.78. The van der Waals surface area contributed by atoms with Crippen LogP contribution in [-0.2, 0) is 9.53 Å². The van der Waals surface area contributed by atoms with Gasteiger partial charge in [0.25, 0.3) is 0 Å². The van der Waals surface area contributed by atoms with Crippen LogP contribution in [0.3, 0.4) is 0 Å². The molecule has 0 heterocycles. The van der Waals surface area contributed by atoms with Gasteiger partial charge in [-0.1, -0.05) is 48.5 Å². The Kier molecular flexibility index (Phi) is 7.99. The van der Waals surface area contributed by atoms with Gasteiger partial charge in [0, 0.05) is 0 Å². The van der Waals surface area contributed by atoms with Crippen molar-refractivity contribution < 1.29 is 9.53 Å².